The summed E-state index contributed by atoms with van der Waals surface area (Å²) in [6.07, 6.45) is 1.94. The summed E-state index contributed by atoms with van der Waals surface area (Å²) in [5, 5.41) is 4.12. The molecule has 5 nitrogen and oxygen atoms in total. The second-order valence-corrected chi connectivity index (χ2v) is 5.29. The fourth-order valence-corrected chi connectivity index (χ4v) is 1.74. The van der Waals surface area contributed by atoms with E-state index in [0.717, 1.165) is 18.6 Å². The molecule has 1 amide bonds. The van der Waals surface area contributed by atoms with E-state index in [9.17, 15) is 4.79 Å². The first kappa shape index (κ1) is 17.0. The van der Waals surface area contributed by atoms with Gasteiger partial charge in [-0.1, -0.05) is 13.8 Å². The highest BCUT2D eigenvalue weighted by molar-refractivity contribution is 5.95. The summed E-state index contributed by atoms with van der Waals surface area (Å²) in [5.74, 6) is 1.47. The van der Waals surface area contributed by atoms with Gasteiger partial charge in [0.15, 0.2) is 11.5 Å². The maximum absolute atomic E-state index is 12.0. The number of hydrazone groups is 1. The maximum atomic E-state index is 12.0. The second kappa shape index (κ2) is 8.29. The van der Waals surface area contributed by atoms with Gasteiger partial charge >= 0.3 is 0 Å². The normalized spacial score (nSPS) is 11.4. The third-order valence-electron chi connectivity index (χ3n) is 3.08. The van der Waals surface area contributed by atoms with Gasteiger partial charge in [-0.2, -0.15) is 5.10 Å². The standard InChI is InChI=1S/C16H24N2O3/c1-11(2)6-7-12(3)17-18-16(19)13-8-9-14(20-4)15(10-13)21-5/h8-11H,6-7H2,1-5H3,(H,18,19)/b17-12-. The lowest BCUT2D eigenvalue weighted by Crippen LogP contribution is -2.19. The van der Waals surface area contributed by atoms with Crippen molar-refractivity contribution in [3.63, 3.8) is 0 Å². The first-order valence-electron chi connectivity index (χ1n) is 7.03. The van der Waals surface area contributed by atoms with Crippen LogP contribution in [0.2, 0.25) is 0 Å². The second-order valence-electron chi connectivity index (χ2n) is 5.29. The molecule has 0 saturated carbocycles. The van der Waals surface area contributed by atoms with Crippen LogP contribution in [0.25, 0.3) is 0 Å². The van der Waals surface area contributed by atoms with Gasteiger partial charge in [0.2, 0.25) is 0 Å². The molecule has 0 spiro atoms. The fourth-order valence-electron chi connectivity index (χ4n) is 1.74. The van der Waals surface area contributed by atoms with Crippen molar-refractivity contribution in [3.05, 3.63) is 23.8 Å². The van der Waals surface area contributed by atoms with Gasteiger partial charge in [0.25, 0.3) is 5.91 Å². The SMILES string of the molecule is COc1ccc(C(=O)N/N=C(/C)CCC(C)C)cc1OC. The highest BCUT2D eigenvalue weighted by Gasteiger charge is 2.10. The number of nitrogens with zero attached hydrogens (tertiary/aromatic N) is 1. The monoisotopic (exact) mass is 292 g/mol. The van der Waals surface area contributed by atoms with Crippen molar-refractivity contribution in [1.82, 2.24) is 5.43 Å². The number of nitrogens with one attached hydrogen (secondary N) is 1. The van der Waals surface area contributed by atoms with Crippen LogP contribution in [-0.4, -0.2) is 25.8 Å². The molecule has 0 aromatic heterocycles. The molecule has 0 aliphatic carbocycles. The topological polar surface area (TPSA) is 59.9 Å². The summed E-state index contributed by atoms with van der Waals surface area (Å²) in [7, 11) is 3.09. The third kappa shape index (κ3) is 5.45. The van der Waals surface area contributed by atoms with E-state index in [2.05, 4.69) is 24.4 Å². The van der Waals surface area contributed by atoms with Crippen LogP contribution in [0.5, 0.6) is 11.5 Å². The summed E-state index contributed by atoms with van der Waals surface area (Å²) in [6, 6.07) is 5.01. The Hall–Kier alpha value is -2.04. The average molecular weight is 292 g/mol. The zero-order valence-electron chi connectivity index (χ0n) is 13.4. The molecule has 0 unspecified atom stereocenters. The molecule has 5 heteroatoms. The van der Waals surface area contributed by atoms with Gasteiger partial charge < -0.3 is 9.47 Å². The average Bonchev–Trinajstić information content (AvgIpc) is 2.49. The van der Waals surface area contributed by atoms with E-state index < -0.39 is 0 Å². The first-order chi connectivity index (χ1) is 9.97. The van der Waals surface area contributed by atoms with Crippen molar-refractivity contribution in [2.75, 3.05) is 14.2 Å². The van der Waals surface area contributed by atoms with Crippen LogP contribution in [0.4, 0.5) is 0 Å². The van der Waals surface area contributed by atoms with Crippen LogP contribution < -0.4 is 14.9 Å². The highest BCUT2D eigenvalue weighted by Crippen LogP contribution is 2.27. The number of rotatable bonds is 7. The van der Waals surface area contributed by atoms with E-state index in [1.807, 2.05) is 6.92 Å². The number of carbonyl (C=O) groups is 1. The minimum absolute atomic E-state index is 0.264. The lowest BCUT2D eigenvalue weighted by atomic mass is 10.1. The van der Waals surface area contributed by atoms with Crippen LogP contribution >= 0.6 is 0 Å². The molecule has 0 fully saturated rings. The molecular formula is C16H24N2O3. The molecule has 0 bridgehead atoms. The lowest BCUT2D eigenvalue weighted by molar-refractivity contribution is 0.0954. The van der Waals surface area contributed by atoms with Crippen molar-refractivity contribution in [3.8, 4) is 11.5 Å². The molecule has 0 aliphatic heterocycles. The van der Waals surface area contributed by atoms with Crippen LogP contribution in [-0.2, 0) is 0 Å². The predicted molar refractivity (Wildman–Crippen MR) is 84.2 cm³/mol. The van der Waals surface area contributed by atoms with Crippen molar-refractivity contribution in [2.24, 2.45) is 11.0 Å². The number of carbonyl (C=O) groups excluding carboxylic acids is 1. The van der Waals surface area contributed by atoms with Gasteiger partial charge in [0, 0.05) is 11.3 Å². The van der Waals surface area contributed by atoms with Gasteiger partial charge in [0.1, 0.15) is 0 Å². The molecular weight excluding hydrogens is 268 g/mol. The molecule has 1 aromatic rings. The smallest absolute Gasteiger partial charge is 0.271 e. The number of ether oxygens (including phenoxy) is 2. The Morgan fingerprint density at radius 3 is 2.48 bits per heavy atom. The zero-order valence-corrected chi connectivity index (χ0v) is 13.4. The number of hydrogen-bond donors (Lipinski definition) is 1. The molecule has 0 heterocycles. The Labute approximate surface area is 126 Å². The minimum Gasteiger partial charge on any atom is -0.493 e. The first-order valence-corrected chi connectivity index (χ1v) is 7.03. The molecule has 0 radical (unpaired) electrons. The largest absolute Gasteiger partial charge is 0.493 e. The molecule has 116 valence electrons. The number of methoxy groups -OCH3 is 2. The number of amides is 1. The van der Waals surface area contributed by atoms with E-state index in [1.54, 1.807) is 25.3 Å². The molecule has 0 aliphatic rings. The Bertz CT molecular complexity index is 510. The van der Waals surface area contributed by atoms with Crippen LogP contribution in [0.15, 0.2) is 23.3 Å². The van der Waals surface area contributed by atoms with E-state index in [4.69, 9.17) is 9.47 Å². The molecule has 0 atom stereocenters. The molecule has 1 rings (SSSR count). The van der Waals surface area contributed by atoms with Crippen molar-refractivity contribution < 1.29 is 14.3 Å². The summed E-state index contributed by atoms with van der Waals surface area (Å²) >= 11 is 0. The summed E-state index contributed by atoms with van der Waals surface area (Å²) < 4.78 is 10.3. The fraction of sp³-hybridized carbons (Fsp3) is 0.500. The van der Waals surface area contributed by atoms with E-state index in [1.165, 1.54) is 7.11 Å². The minimum atomic E-state index is -0.264. The van der Waals surface area contributed by atoms with Crippen molar-refractivity contribution in [1.29, 1.82) is 0 Å². The Morgan fingerprint density at radius 1 is 1.24 bits per heavy atom. The number of hydrogen-bond acceptors (Lipinski definition) is 4. The van der Waals surface area contributed by atoms with Crippen LogP contribution in [0, 0.1) is 5.92 Å². The van der Waals surface area contributed by atoms with Gasteiger partial charge in [-0.15, -0.1) is 0 Å². The Morgan fingerprint density at radius 2 is 1.90 bits per heavy atom. The molecule has 1 N–H and O–H groups in total. The molecule has 21 heavy (non-hydrogen) atoms. The maximum Gasteiger partial charge on any atom is 0.271 e. The summed E-state index contributed by atoms with van der Waals surface area (Å²) in [4.78, 5) is 12.0. The van der Waals surface area contributed by atoms with Crippen LogP contribution in [0.3, 0.4) is 0 Å². The third-order valence-corrected chi connectivity index (χ3v) is 3.08. The van der Waals surface area contributed by atoms with Gasteiger partial charge in [0.05, 0.1) is 14.2 Å². The van der Waals surface area contributed by atoms with Crippen molar-refractivity contribution in [2.45, 2.75) is 33.6 Å². The van der Waals surface area contributed by atoms with E-state index >= 15 is 0 Å². The Kier molecular flexibility index (Phi) is 6.72. The summed E-state index contributed by atoms with van der Waals surface area (Å²) in [6.45, 7) is 6.24. The number of benzene rings is 1. The van der Waals surface area contributed by atoms with E-state index in [-0.39, 0.29) is 5.91 Å². The van der Waals surface area contributed by atoms with Crippen LogP contribution in [0.1, 0.15) is 44.0 Å². The Balaban J connectivity index is 2.69. The predicted octanol–water partition coefficient (Wildman–Crippen LogP) is 3.25. The summed E-state index contributed by atoms with van der Waals surface area (Å²) in [5.41, 5.74) is 3.96. The van der Waals surface area contributed by atoms with Crippen molar-refractivity contribution >= 4 is 11.6 Å². The zero-order chi connectivity index (χ0) is 15.8. The molecule has 0 saturated heterocycles. The van der Waals surface area contributed by atoms with Gasteiger partial charge in [-0.05, 0) is 43.9 Å². The van der Waals surface area contributed by atoms with E-state index in [0.29, 0.717) is 23.0 Å². The van der Waals surface area contributed by atoms with Gasteiger partial charge in [-0.25, -0.2) is 5.43 Å². The quantitative estimate of drug-likeness (QED) is 0.620. The van der Waals surface area contributed by atoms with Gasteiger partial charge in [-0.3, -0.25) is 4.79 Å². The highest BCUT2D eigenvalue weighted by atomic mass is 16.5. The molecule has 1 aromatic carbocycles. The lowest BCUT2D eigenvalue weighted by Gasteiger charge is -2.09.